The lowest BCUT2D eigenvalue weighted by molar-refractivity contribution is -0.115. The smallest absolute Gasteiger partial charge is 0.238 e. The first kappa shape index (κ1) is 17.6. The number of aromatic nitrogens is 4. The van der Waals surface area contributed by atoms with Gasteiger partial charge in [0, 0.05) is 19.5 Å². The van der Waals surface area contributed by atoms with E-state index >= 15 is 0 Å². The minimum Gasteiger partial charge on any atom is -0.340 e. The Balaban J connectivity index is 1.45. The van der Waals surface area contributed by atoms with Gasteiger partial charge in [-0.3, -0.25) is 14.8 Å². The summed E-state index contributed by atoms with van der Waals surface area (Å²) in [5, 5.41) is 17.2. The fourth-order valence-corrected chi connectivity index (χ4v) is 3.13. The van der Waals surface area contributed by atoms with Gasteiger partial charge in [0.1, 0.15) is 0 Å². The summed E-state index contributed by atoms with van der Waals surface area (Å²) in [6, 6.07) is 0.277. The molecule has 3 N–H and O–H groups in total. The Bertz CT molecular complexity index is 704. The number of aryl methyl sites for hydroxylation is 3. The molecule has 25 heavy (non-hydrogen) atoms. The molecule has 3 heterocycles. The molecule has 9 nitrogen and oxygen atoms in total. The van der Waals surface area contributed by atoms with Gasteiger partial charge < -0.3 is 15.2 Å². The molecular weight excluding hydrogens is 322 g/mol. The highest BCUT2D eigenvalue weighted by Gasteiger charge is 2.22. The minimum atomic E-state index is -0.0569. The summed E-state index contributed by atoms with van der Waals surface area (Å²) >= 11 is 0. The number of hydrogen-bond acceptors (Lipinski definition) is 7. The highest BCUT2D eigenvalue weighted by Crippen LogP contribution is 2.16. The monoisotopic (exact) mass is 347 g/mol. The van der Waals surface area contributed by atoms with Crippen LogP contribution in [0.15, 0.2) is 4.52 Å². The van der Waals surface area contributed by atoms with E-state index in [-0.39, 0.29) is 18.5 Å². The molecule has 0 saturated carbocycles. The standard InChI is InChI=1S/C16H25N7O2/c1-10-16(11(2)21-20-10)19-15(24)7-17-13-5-4-6-23(8-13)9-14-18-12(3)25-22-14/h13,17H,4-9H2,1-3H3,(H,19,24)(H,20,21)/t13-/m0/s1. The van der Waals surface area contributed by atoms with Gasteiger partial charge in [-0.2, -0.15) is 10.1 Å². The van der Waals surface area contributed by atoms with E-state index in [4.69, 9.17) is 4.52 Å². The van der Waals surface area contributed by atoms with Crippen LogP contribution >= 0.6 is 0 Å². The molecular formula is C16H25N7O2. The third-order valence-electron chi connectivity index (χ3n) is 4.38. The van der Waals surface area contributed by atoms with Crippen LogP contribution in [0.25, 0.3) is 0 Å². The molecule has 9 heteroatoms. The van der Waals surface area contributed by atoms with Crippen molar-refractivity contribution in [1.29, 1.82) is 0 Å². The number of piperidine rings is 1. The zero-order valence-corrected chi connectivity index (χ0v) is 14.9. The van der Waals surface area contributed by atoms with Gasteiger partial charge in [0.25, 0.3) is 0 Å². The van der Waals surface area contributed by atoms with Crippen molar-refractivity contribution in [3.05, 3.63) is 23.1 Å². The third kappa shape index (κ3) is 4.64. The summed E-state index contributed by atoms with van der Waals surface area (Å²) in [5.41, 5.74) is 2.43. The first-order chi connectivity index (χ1) is 12.0. The quantitative estimate of drug-likeness (QED) is 0.712. The van der Waals surface area contributed by atoms with Crippen molar-refractivity contribution < 1.29 is 9.32 Å². The van der Waals surface area contributed by atoms with Crippen molar-refractivity contribution in [2.45, 2.75) is 46.2 Å². The van der Waals surface area contributed by atoms with Crippen molar-refractivity contribution in [3.8, 4) is 0 Å². The van der Waals surface area contributed by atoms with E-state index in [1.165, 1.54) is 0 Å². The van der Waals surface area contributed by atoms with Gasteiger partial charge >= 0.3 is 0 Å². The number of carbonyl (C=O) groups is 1. The van der Waals surface area contributed by atoms with E-state index in [1.807, 2.05) is 13.8 Å². The van der Waals surface area contributed by atoms with E-state index in [0.29, 0.717) is 18.3 Å². The number of rotatable bonds is 6. The topological polar surface area (TPSA) is 112 Å². The summed E-state index contributed by atoms with van der Waals surface area (Å²) in [4.78, 5) is 18.7. The molecule has 3 rings (SSSR count). The number of nitrogens with one attached hydrogen (secondary N) is 3. The number of amides is 1. The summed E-state index contributed by atoms with van der Waals surface area (Å²) in [7, 11) is 0. The zero-order valence-electron chi connectivity index (χ0n) is 14.9. The Morgan fingerprint density at radius 2 is 2.24 bits per heavy atom. The van der Waals surface area contributed by atoms with E-state index in [1.54, 1.807) is 6.92 Å². The molecule has 1 amide bonds. The molecule has 2 aromatic rings. The predicted octanol–water partition coefficient (Wildman–Crippen LogP) is 0.911. The maximum atomic E-state index is 12.2. The number of aromatic amines is 1. The molecule has 136 valence electrons. The summed E-state index contributed by atoms with van der Waals surface area (Å²) < 4.78 is 5.02. The molecule has 1 atom stereocenters. The molecule has 1 aliphatic rings. The molecule has 1 fully saturated rings. The van der Waals surface area contributed by atoms with Crippen molar-refractivity contribution in [2.75, 3.05) is 25.0 Å². The molecule has 0 bridgehead atoms. The van der Waals surface area contributed by atoms with Crippen molar-refractivity contribution in [2.24, 2.45) is 0 Å². The van der Waals surface area contributed by atoms with Gasteiger partial charge in [-0.15, -0.1) is 0 Å². The molecule has 0 aliphatic carbocycles. The molecule has 0 radical (unpaired) electrons. The summed E-state index contributed by atoms with van der Waals surface area (Å²) in [6.07, 6.45) is 2.13. The molecule has 0 spiro atoms. The van der Waals surface area contributed by atoms with Gasteiger partial charge in [-0.1, -0.05) is 5.16 Å². The second-order valence-corrected chi connectivity index (χ2v) is 6.54. The normalized spacial score (nSPS) is 18.4. The summed E-state index contributed by atoms with van der Waals surface area (Å²) in [5.74, 6) is 1.24. The van der Waals surface area contributed by atoms with Crippen LogP contribution in [-0.4, -0.2) is 56.8 Å². The third-order valence-corrected chi connectivity index (χ3v) is 4.38. The fourth-order valence-electron chi connectivity index (χ4n) is 3.13. The number of hydrogen-bond donors (Lipinski definition) is 3. The van der Waals surface area contributed by atoms with Gasteiger partial charge in [-0.05, 0) is 33.2 Å². The molecule has 0 unspecified atom stereocenters. The maximum absolute atomic E-state index is 12.2. The second-order valence-electron chi connectivity index (χ2n) is 6.54. The zero-order chi connectivity index (χ0) is 17.8. The van der Waals surface area contributed by atoms with E-state index < -0.39 is 0 Å². The van der Waals surface area contributed by atoms with Crippen LogP contribution in [0.4, 0.5) is 5.69 Å². The Kier molecular flexibility index (Phi) is 5.44. The Labute approximate surface area is 146 Å². The largest absolute Gasteiger partial charge is 0.340 e. The van der Waals surface area contributed by atoms with Crippen LogP contribution in [0.2, 0.25) is 0 Å². The van der Waals surface area contributed by atoms with Crippen molar-refractivity contribution in [3.63, 3.8) is 0 Å². The van der Waals surface area contributed by atoms with E-state index in [2.05, 4.69) is 35.9 Å². The SMILES string of the molecule is Cc1nc(CN2CCC[C@H](NCC(=O)Nc3c(C)n[nH]c3C)C2)no1. The van der Waals surface area contributed by atoms with Crippen molar-refractivity contribution in [1.82, 2.24) is 30.6 Å². The van der Waals surface area contributed by atoms with Crippen LogP contribution in [0, 0.1) is 20.8 Å². The highest BCUT2D eigenvalue weighted by atomic mass is 16.5. The molecule has 0 aromatic carbocycles. The van der Waals surface area contributed by atoms with Gasteiger partial charge in [0.15, 0.2) is 5.82 Å². The van der Waals surface area contributed by atoms with Crippen LogP contribution in [0.1, 0.15) is 35.9 Å². The first-order valence-corrected chi connectivity index (χ1v) is 8.57. The molecule has 1 saturated heterocycles. The average Bonchev–Trinajstić information content (AvgIpc) is 3.13. The van der Waals surface area contributed by atoms with Crippen LogP contribution < -0.4 is 10.6 Å². The number of nitrogens with zero attached hydrogens (tertiary/aromatic N) is 4. The lowest BCUT2D eigenvalue weighted by atomic mass is 10.1. The fraction of sp³-hybridized carbons (Fsp3) is 0.625. The second kappa shape index (κ2) is 7.75. The lowest BCUT2D eigenvalue weighted by Crippen LogP contribution is -2.47. The van der Waals surface area contributed by atoms with Crippen molar-refractivity contribution >= 4 is 11.6 Å². The lowest BCUT2D eigenvalue weighted by Gasteiger charge is -2.32. The number of H-pyrrole nitrogens is 1. The van der Waals surface area contributed by atoms with Crippen LogP contribution in [-0.2, 0) is 11.3 Å². The van der Waals surface area contributed by atoms with Gasteiger partial charge in [0.2, 0.25) is 11.8 Å². The average molecular weight is 347 g/mol. The van der Waals surface area contributed by atoms with Crippen LogP contribution in [0.5, 0.6) is 0 Å². The number of anilines is 1. The van der Waals surface area contributed by atoms with Gasteiger partial charge in [0.05, 0.1) is 30.2 Å². The van der Waals surface area contributed by atoms with Gasteiger partial charge in [-0.25, -0.2) is 0 Å². The van der Waals surface area contributed by atoms with E-state index in [0.717, 1.165) is 43.0 Å². The number of carbonyl (C=O) groups excluding carboxylic acids is 1. The number of likely N-dealkylation sites (tertiary alicyclic amines) is 1. The minimum absolute atomic E-state index is 0.0569. The molecule has 2 aromatic heterocycles. The maximum Gasteiger partial charge on any atom is 0.238 e. The van der Waals surface area contributed by atoms with Crippen LogP contribution in [0.3, 0.4) is 0 Å². The van der Waals surface area contributed by atoms with E-state index in [9.17, 15) is 4.79 Å². The summed E-state index contributed by atoms with van der Waals surface area (Å²) in [6.45, 7) is 8.38. The Morgan fingerprint density at radius 3 is 2.92 bits per heavy atom. The Morgan fingerprint density at radius 1 is 1.40 bits per heavy atom. The molecule has 1 aliphatic heterocycles. The Hall–Kier alpha value is -2.26. The highest BCUT2D eigenvalue weighted by molar-refractivity contribution is 5.93. The predicted molar refractivity (Wildman–Crippen MR) is 92.0 cm³/mol. The first-order valence-electron chi connectivity index (χ1n) is 8.57.